The Hall–Kier alpha value is -2.86. The molecular weight excluding hydrogens is 540 g/mol. The highest BCUT2D eigenvalue weighted by molar-refractivity contribution is 7.92. The maximum absolute atomic E-state index is 13.5. The van der Waals surface area contributed by atoms with Crippen molar-refractivity contribution >= 4 is 66.2 Å². The van der Waals surface area contributed by atoms with Crippen molar-refractivity contribution in [2.45, 2.75) is 11.8 Å². The van der Waals surface area contributed by atoms with E-state index in [1.807, 2.05) is 0 Å². The zero-order valence-corrected chi connectivity index (χ0v) is 21.6. The smallest absolute Gasteiger partial charge is 0.261 e. The third-order valence-electron chi connectivity index (χ3n) is 4.84. The minimum Gasteiger partial charge on any atom is -0.325 e. The van der Waals surface area contributed by atoms with E-state index in [2.05, 4.69) is 10.0 Å². The molecule has 0 atom stereocenters. The van der Waals surface area contributed by atoms with Gasteiger partial charge < -0.3 is 5.32 Å². The van der Waals surface area contributed by atoms with E-state index in [9.17, 15) is 26.0 Å². The van der Waals surface area contributed by atoms with Gasteiger partial charge in [-0.2, -0.15) is 0 Å². The standard InChI is InChI=1S/C22H20Cl2FN3O5S2/c1-14-18(23)4-3-5-21(14)27-35(32,33)17-9-6-15(7-10-17)26-22(29)13-28(34(2,30)31)16-8-11-20(25)19(24)12-16/h3-12,27H,13H2,1-2H3,(H,26,29). The number of benzene rings is 3. The van der Waals surface area contributed by atoms with Crippen molar-refractivity contribution in [3.8, 4) is 0 Å². The Bertz CT molecular complexity index is 1480. The van der Waals surface area contributed by atoms with Crippen LogP contribution in [0.15, 0.2) is 65.6 Å². The first-order chi connectivity index (χ1) is 16.3. The summed E-state index contributed by atoms with van der Waals surface area (Å²) in [5, 5.41) is 2.62. The van der Waals surface area contributed by atoms with Crippen molar-refractivity contribution in [2.24, 2.45) is 0 Å². The summed E-state index contributed by atoms with van der Waals surface area (Å²) in [6.45, 7) is 1.06. The van der Waals surface area contributed by atoms with Crippen molar-refractivity contribution in [3.63, 3.8) is 0 Å². The molecule has 8 nitrogen and oxygen atoms in total. The second-order valence-electron chi connectivity index (χ2n) is 7.46. The lowest BCUT2D eigenvalue weighted by Gasteiger charge is -2.22. The normalized spacial score (nSPS) is 11.7. The van der Waals surface area contributed by atoms with Crippen LogP contribution < -0.4 is 14.3 Å². The van der Waals surface area contributed by atoms with Crippen LogP contribution in [0.1, 0.15) is 5.56 Å². The van der Waals surface area contributed by atoms with Gasteiger partial charge in [0, 0.05) is 10.7 Å². The number of nitrogens with zero attached hydrogens (tertiary/aromatic N) is 1. The number of halogens is 3. The molecule has 0 heterocycles. The van der Waals surface area contributed by atoms with E-state index in [0.717, 1.165) is 22.7 Å². The fourth-order valence-corrected chi connectivity index (χ4v) is 5.33. The third-order valence-corrected chi connectivity index (χ3v) is 8.06. The second kappa shape index (κ2) is 10.4. The van der Waals surface area contributed by atoms with Crippen molar-refractivity contribution in [3.05, 3.63) is 82.1 Å². The van der Waals surface area contributed by atoms with E-state index in [1.54, 1.807) is 25.1 Å². The molecule has 2 N–H and O–H groups in total. The maximum Gasteiger partial charge on any atom is 0.261 e. The zero-order chi connectivity index (χ0) is 26.0. The van der Waals surface area contributed by atoms with Crippen molar-refractivity contribution in [1.29, 1.82) is 0 Å². The van der Waals surface area contributed by atoms with Gasteiger partial charge in [-0.05, 0) is 67.1 Å². The highest BCUT2D eigenvalue weighted by Gasteiger charge is 2.22. The highest BCUT2D eigenvalue weighted by atomic mass is 35.5. The Kier molecular flexibility index (Phi) is 7.95. The summed E-state index contributed by atoms with van der Waals surface area (Å²) in [5.74, 6) is -1.44. The number of carbonyl (C=O) groups is 1. The second-order valence-corrected chi connectivity index (χ2v) is 11.9. The number of nitrogens with one attached hydrogen (secondary N) is 2. The van der Waals surface area contributed by atoms with Gasteiger partial charge in [0.2, 0.25) is 15.9 Å². The van der Waals surface area contributed by atoms with Gasteiger partial charge in [-0.25, -0.2) is 21.2 Å². The molecule has 0 radical (unpaired) electrons. The van der Waals surface area contributed by atoms with Crippen LogP contribution in [-0.2, 0) is 24.8 Å². The highest BCUT2D eigenvalue weighted by Crippen LogP contribution is 2.27. The third kappa shape index (κ3) is 6.63. The summed E-state index contributed by atoms with van der Waals surface area (Å²) in [5.41, 5.74) is 1.15. The molecule has 0 bridgehead atoms. The molecular formula is C22H20Cl2FN3O5S2. The summed E-state index contributed by atoms with van der Waals surface area (Å²) in [4.78, 5) is 12.5. The van der Waals surface area contributed by atoms with Crippen LogP contribution in [0.3, 0.4) is 0 Å². The van der Waals surface area contributed by atoms with Crippen LogP contribution in [-0.4, -0.2) is 35.5 Å². The van der Waals surface area contributed by atoms with Crippen LogP contribution in [0, 0.1) is 12.7 Å². The lowest BCUT2D eigenvalue weighted by molar-refractivity contribution is -0.114. The van der Waals surface area contributed by atoms with E-state index in [1.165, 1.54) is 30.3 Å². The molecule has 13 heteroatoms. The first kappa shape index (κ1) is 26.7. The number of hydrogen-bond donors (Lipinski definition) is 2. The van der Waals surface area contributed by atoms with Gasteiger partial charge in [0.05, 0.1) is 27.5 Å². The SMILES string of the molecule is Cc1c(Cl)cccc1NS(=O)(=O)c1ccc(NC(=O)CN(c2ccc(F)c(Cl)c2)S(C)(=O)=O)cc1. The van der Waals surface area contributed by atoms with E-state index < -0.39 is 38.3 Å². The van der Waals surface area contributed by atoms with E-state index in [0.29, 0.717) is 16.3 Å². The van der Waals surface area contributed by atoms with Crippen LogP contribution in [0.2, 0.25) is 10.0 Å². The van der Waals surface area contributed by atoms with Crippen LogP contribution >= 0.6 is 23.2 Å². The summed E-state index contributed by atoms with van der Waals surface area (Å²) in [6.07, 6.45) is 0.895. The lowest BCUT2D eigenvalue weighted by atomic mass is 10.2. The molecule has 1 amide bonds. The van der Waals surface area contributed by atoms with Crippen LogP contribution in [0.4, 0.5) is 21.5 Å². The molecule has 3 rings (SSSR count). The van der Waals surface area contributed by atoms with Gasteiger partial charge in [0.1, 0.15) is 12.4 Å². The molecule has 0 saturated carbocycles. The average molecular weight is 560 g/mol. The number of amides is 1. The van der Waals surface area contributed by atoms with Crippen LogP contribution in [0.5, 0.6) is 0 Å². The van der Waals surface area contributed by atoms with Crippen molar-refractivity contribution in [2.75, 3.05) is 27.1 Å². The van der Waals surface area contributed by atoms with E-state index >= 15 is 0 Å². The Balaban J connectivity index is 1.74. The van der Waals surface area contributed by atoms with Gasteiger partial charge in [-0.15, -0.1) is 0 Å². The molecule has 0 aromatic heterocycles. The fraction of sp³-hybridized carbons (Fsp3) is 0.136. The van der Waals surface area contributed by atoms with Gasteiger partial charge in [0.15, 0.2) is 0 Å². The molecule has 35 heavy (non-hydrogen) atoms. The topological polar surface area (TPSA) is 113 Å². The largest absolute Gasteiger partial charge is 0.325 e. The number of sulfonamides is 2. The van der Waals surface area contributed by atoms with Crippen LogP contribution in [0.25, 0.3) is 0 Å². The minimum atomic E-state index is -3.93. The summed E-state index contributed by atoms with van der Waals surface area (Å²) in [6, 6.07) is 13.4. The van der Waals surface area contributed by atoms with Crippen molar-refractivity contribution in [1.82, 2.24) is 0 Å². The predicted octanol–water partition coefficient (Wildman–Crippen LogP) is 4.65. The molecule has 3 aromatic carbocycles. The Morgan fingerprint density at radius 1 is 0.971 bits per heavy atom. The quantitative estimate of drug-likeness (QED) is 0.417. The predicted molar refractivity (Wildman–Crippen MR) is 136 cm³/mol. The molecule has 0 aliphatic heterocycles. The molecule has 0 aliphatic rings. The van der Waals surface area contributed by atoms with E-state index in [-0.39, 0.29) is 21.3 Å². The molecule has 0 spiro atoms. The first-order valence-electron chi connectivity index (χ1n) is 9.88. The van der Waals surface area contributed by atoms with Crippen molar-refractivity contribution < 1.29 is 26.0 Å². The Labute approximate surface area is 212 Å². The average Bonchev–Trinajstić information content (AvgIpc) is 2.77. The monoisotopic (exact) mass is 559 g/mol. The molecule has 0 unspecified atom stereocenters. The molecule has 186 valence electrons. The molecule has 0 aliphatic carbocycles. The fourth-order valence-electron chi connectivity index (χ4n) is 3.01. The van der Waals surface area contributed by atoms with Gasteiger partial charge in [-0.1, -0.05) is 29.3 Å². The Morgan fingerprint density at radius 2 is 1.63 bits per heavy atom. The molecule has 0 saturated heterocycles. The van der Waals surface area contributed by atoms with E-state index in [4.69, 9.17) is 23.2 Å². The first-order valence-corrected chi connectivity index (χ1v) is 14.0. The van der Waals surface area contributed by atoms with Gasteiger partial charge in [0.25, 0.3) is 10.0 Å². The summed E-state index contributed by atoms with van der Waals surface area (Å²) < 4.78 is 66.5. The minimum absolute atomic E-state index is 0.0119. The Morgan fingerprint density at radius 3 is 2.23 bits per heavy atom. The summed E-state index contributed by atoms with van der Waals surface area (Å²) in [7, 11) is -7.83. The zero-order valence-electron chi connectivity index (χ0n) is 18.4. The maximum atomic E-state index is 13.5. The number of anilines is 3. The lowest BCUT2D eigenvalue weighted by Crippen LogP contribution is -2.37. The molecule has 0 fully saturated rings. The summed E-state index contributed by atoms with van der Waals surface area (Å²) >= 11 is 11.8. The van der Waals surface area contributed by atoms with Gasteiger partial charge >= 0.3 is 0 Å². The molecule has 3 aromatic rings. The van der Waals surface area contributed by atoms with Gasteiger partial charge in [-0.3, -0.25) is 13.8 Å². The number of hydrogen-bond acceptors (Lipinski definition) is 5. The number of carbonyl (C=O) groups excluding carboxylic acids is 1. The number of rotatable bonds is 8.